The van der Waals surface area contributed by atoms with Crippen LogP contribution in [-0.2, 0) is 4.79 Å². The van der Waals surface area contributed by atoms with Gasteiger partial charge < -0.3 is 15.1 Å². The van der Waals surface area contributed by atoms with E-state index in [2.05, 4.69) is 5.32 Å². The van der Waals surface area contributed by atoms with Crippen molar-refractivity contribution in [3.63, 3.8) is 0 Å². The lowest BCUT2D eigenvalue weighted by atomic mass is 10.0. The van der Waals surface area contributed by atoms with Crippen molar-refractivity contribution in [1.82, 2.24) is 15.1 Å². The third-order valence-corrected chi connectivity index (χ3v) is 5.70. The summed E-state index contributed by atoms with van der Waals surface area (Å²) in [4.78, 5) is 42.0. The van der Waals surface area contributed by atoms with E-state index in [4.69, 9.17) is 0 Å². The lowest BCUT2D eigenvalue weighted by Gasteiger charge is -2.29. The minimum atomic E-state index is -0.670. The van der Waals surface area contributed by atoms with Gasteiger partial charge >= 0.3 is 0 Å². The molecule has 1 atom stereocenters. The molecule has 1 aliphatic heterocycles. The van der Waals surface area contributed by atoms with E-state index in [1.54, 1.807) is 34.1 Å². The Hall–Kier alpha value is -3.22. The average molecular weight is 440 g/mol. The highest BCUT2D eigenvalue weighted by Crippen LogP contribution is 2.15. The fourth-order valence-electron chi connectivity index (χ4n) is 3.87. The molecule has 0 bridgehead atoms. The molecule has 0 saturated carbocycles. The molecule has 1 fully saturated rings. The Morgan fingerprint density at radius 1 is 0.938 bits per heavy atom. The van der Waals surface area contributed by atoms with Crippen molar-refractivity contribution >= 4 is 17.7 Å². The van der Waals surface area contributed by atoms with Crippen molar-refractivity contribution in [3.05, 3.63) is 71.0 Å². The van der Waals surface area contributed by atoms with E-state index in [-0.39, 0.29) is 29.2 Å². The van der Waals surface area contributed by atoms with E-state index < -0.39 is 11.9 Å². The van der Waals surface area contributed by atoms with Gasteiger partial charge in [-0.05, 0) is 43.5 Å². The smallest absolute Gasteiger partial charge is 0.256 e. The first-order valence-electron chi connectivity index (χ1n) is 11.0. The Bertz CT molecular complexity index is 992. The quantitative estimate of drug-likeness (QED) is 0.778. The Labute approximate surface area is 188 Å². The third kappa shape index (κ3) is 5.52. The van der Waals surface area contributed by atoms with Crippen molar-refractivity contribution in [2.24, 2.45) is 5.92 Å². The van der Waals surface area contributed by atoms with Gasteiger partial charge in [-0.25, -0.2) is 4.39 Å². The molecule has 0 aliphatic carbocycles. The number of nitrogens with zero attached hydrogens (tertiary/aromatic N) is 2. The van der Waals surface area contributed by atoms with Crippen LogP contribution in [0.4, 0.5) is 4.39 Å². The number of amides is 3. The van der Waals surface area contributed by atoms with E-state index in [1.165, 1.54) is 12.1 Å². The largest absolute Gasteiger partial charge is 0.340 e. The summed E-state index contributed by atoms with van der Waals surface area (Å²) in [5, 5.41) is 2.88. The number of benzene rings is 2. The summed E-state index contributed by atoms with van der Waals surface area (Å²) < 4.78 is 14.0. The summed E-state index contributed by atoms with van der Waals surface area (Å²) in [6.07, 6.45) is 0.586. The monoisotopic (exact) mass is 439 g/mol. The van der Waals surface area contributed by atoms with Crippen LogP contribution in [0.1, 0.15) is 46.5 Å². The number of nitrogens with one attached hydrogen (secondary N) is 1. The van der Waals surface area contributed by atoms with Crippen LogP contribution in [0.3, 0.4) is 0 Å². The number of halogens is 1. The summed E-state index contributed by atoms with van der Waals surface area (Å²) in [5.74, 6) is -1.47. The van der Waals surface area contributed by atoms with Gasteiger partial charge in [-0.1, -0.05) is 43.7 Å². The molecule has 1 aliphatic rings. The zero-order valence-electron chi connectivity index (χ0n) is 18.8. The standard InChI is InChI=1S/C25H30FN3O3/c1-17(2)22(27-23(30)19-9-6-8-18(3)16-19)25(32)29-13-7-12-28(14-15-29)24(31)20-10-4-5-11-21(20)26/h4-6,8-11,16-17,22H,7,12-15H2,1-3H3,(H,27,30). The van der Waals surface area contributed by atoms with Crippen molar-refractivity contribution < 1.29 is 18.8 Å². The predicted molar refractivity (Wildman–Crippen MR) is 121 cm³/mol. The Balaban J connectivity index is 1.67. The lowest BCUT2D eigenvalue weighted by Crippen LogP contribution is -2.52. The van der Waals surface area contributed by atoms with Crippen molar-refractivity contribution in [3.8, 4) is 0 Å². The second kappa shape index (κ2) is 10.4. The summed E-state index contributed by atoms with van der Waals surface area (Å²) in [7, 11) is 0. The molecule has 6 nitrogen and oxygen atoms in total. The van der Waals surface area contributed by atoms with Gasteiger partial charge in [0.1, 0.15) is 11.9 Å². The molecular weight excluding hydrogens is 409 g/mol. The van der Waals surface area contributed by atoms with Gasteiger partial charge in [0.2, 0.25) is 5.91 Å². The highest BCUT2D eigenvalue weighted by Gasteiger charge is 2.31. The Kier molecular flexibility index (Phi) is 7.62. The van der Waals surface area contributed by atoms with E-state index in [0.29, 0.717) is 38.2 Å². The highest BCUT2D eigenvalue weighted by molar-refractivity contribution is 5.98. The molecule has 1 saturated heterocycles. The first-order chi connectivity index (χ1) is 15.3. The van der Waals surface area contributed by atoms with Crippen molar-refractivity contribution in [1.29, 1.82) is 0 Å². The maximum atomic E-state index is 14.0. The molecule has 2 aromatic rings. The topological polar surface area (TPSA) is 69.7 Å². The first kappa shape index (κ1) is 23.4. The van der Waals surface area contributed by atoms with Crippen LogP contribution in [0.5, 0.6) is 0 Å². The fourth-order valence-corrected chi connectivity index (χ4v) is 3.87. The summed E-state index contributed by atoms with van der Waals surface area (Å²) >= 11 is 0. The van der Waals surface area contributed by atoms with E-state index in [0.717, 1.165) is 5.56 Å². The van der Waals surface area contributed by atoms with Gasteiger partial charge in [-0.2, -0.15) is 0 Å². The summed E-state index contributed by atoms with van der Waals surface area (Å²) in [6, 6.07) is 12.5. The van der Waals surface area contributed by atoms with Gasteiger partial charge in [0.05, 0.1) is 5.56 Å². The molecule has 0 radical (unpaired) electrons. The Morgan fingerprint density at radius 3 is 2.31 bits per heavy atom. The molecule has 0 aromatic heterocycles. The molecule has 3 rings (SSSR count). The molecule has 0 spiro atoms. The van der Waals surface area contributed by atoms with Crippen LogP contribution in [0.2, 0.25) is 0 Å². The normalized spacial score (nSPS) is 15.3. The van der Waals surface area contributed by atoms with Crippen LogP contribution >= 0.6 is 0 Å². The number of hydrogen-bond acceptors (Lipinski definition) is 3. The van der Waals surface area contributed by atoms with Crippen LogP contribution in [-0.4, -0.2) is 59.7 Å². The van der Waals surface area contributed by atoms with Gasteiger partial charge in [-0.3, -0.25) is 14.4 Å². The van der Waals surface area contributed by atoms with E-state index in [1.807, 2.05) is 32.9 Å². The van der Waals surface area contributed by atoms with Crippen LogP contribution in [0.15, 0.2) is 48.5 Å². The SMILES string of the molecule is Cc1cccc(C(=O)NC(C(=O)N2CCCN(C(=O)c3ccccc3F)CC2)C(C)C)c1. The molecule has 1 unspecified atom stereocenters. The molecule has 170 valence electrons. The molecular formula is C25H30FN3O3. The molecule has 1 heterocycles. The predicted octanol–water partition coefficient (Wildman–Crippen LogP) is 3.26. The van der Waals surface area contributed by atoms with Crippen molar-refractivity contribution in [2.45, 2.75) is 33.2 Å². The molecule has 2 aromatic carbocycles. The van der Waals surface area contributed by atoms with Gasteiger partial charge in [0, 0.05) is 31.7 Å². The number of rotatable bonds is 5. The zero-order valence-corrected chi connectivity index (χ0v) is 18.8. The number of aryl methyl sites for hydroxylation is 1. The molecule has 7 heteroatoms. The minimum absolute atomic E-state index is 0.0396. The molecule has 1 N–H and O–H groups in total. The Morgan fingerprint density at radius 2 is 1.62 bits per heavy atom. The van der Waals surface area contributed by atoms with Gasteiger partial charge in [0.25, 0.3) is 11.8 Å². The van der Waals surface area contributed by atoms with Crippen molar-refractivity contribution in [2.75, 3.05) is 26.2 Å². The third-order valence-electron chi connectivity index (χ3n) is 5.70. The number of carbonyl (C=O) groups is 3. The second-order valence-electron chi connectivity index (χ2n) is 8.52. The minimum Gasteiger partial charge on any atom is -0.340 e. The van der Waals surface area contributed by atoms with Crippen LogP contribution in [0, 0.1) is 18.7 Å². The maximum Gasteiger partial charge on any atom is 0.256 e. The van der Waals surface area contributed by atoms with Crippen LogP contribution < -0.4 is 5.32 Å². The molecule has 32 heavy (non-hydrogen) atoms. The molecule has 3 amide bonds. The first-order valence-corrected chi connectivity index (χ1v) is 11.0. The summed E-state index contributed by atoms with van der Waals surface area (Å²) in [6.45, 7) is 7.27. The van der Waals surface area contributed by atoms with Gasteiger partial charge in [0.15, 0.2) is 0 Å². The fraction of sp³-hybridized carbons (Fsp3) is 0.400. The maximum absolute atomic E-state index is 14.0. The van der Waals surface area contributed by atoms with E-state index >= 15 is 0 Å². The lowest BCUT2D eigenvalue weighted by molar-refractivity contribution is -0.134. The highest BCUT2D eigenvalue weighted by atomic mass is 19.1. The zero-order chi connectivity index (χ0) is 23.3. The average Bonchev–Trinajstić information content (AvgIpc) is 3.03. The van der Waals surface area contributed by atoms with Crippen LogP contribution in [0.25, 0.3) is 0 Å². The summed E-state index contributed by atoms with van der Waals surface area (Å²) in [5.41, 5.74) is 1.52. The number of hydrogen-bond donors (Lipinski definition) is 1. The number of carbonyl (C=O) groups excluding carboxylic acids is 3. The van der Waals surface area contributed by atoms with E-state index in [9.17, 15) is 18.8 Å². The second-order valence-corrected chi connectivity index (χ2v) is 8.52. The van der Waals surface area contributed by atoms with Gasteiger partial charge in [-0.15, -0.1) is 0 Å².